The second kappa shape index (κ2) is 7.96. The molecule has 1 aromatic heterocycles. The van der Waals surface area contributed by atoms with E-state index in [2.05, 4.69) is 5.32 Å². The van der Waals surface area contributed by atoms with Crippen molar-refractivity contribution in [2.45, 2.75) is 26.5 Å². The maximum atomic E-state index is 12.1. The standard InChI is InChI=1S/C21H19NO6/c1-12(2)22-19(23)17-9-15-7-8-16(10-18(15)28-21(17)26)27-11-13-3-5-14(6-4-13)20(24)25/h3-10,12H,11H2,1-2H3,(H,22,23)(H,24,25). The molecule has 2 aromatic carbocycles. The number of ether oxygens (including phenoxy) is 1. The van der Waals surface area contributed by atoms with Crippen molar-refractivity contribution in [2.75, 3.05) is 0 Å². The highest BCUT2D eigenvalue weighted by atomic mass is 16.5. The van der Waals surface area contributed by atoms with Gasteiger partial charge in [0.25, 0.3) is 5.91 Å². The number of carbonyl (C=O) groups excluding carboxylic acids is 1. The van der Waals surface area contributed by atoms with E-state index in [0.717, 1.165) is 5.56 Å². The molecule has 0 aliphatic carbocycles. The molecular weight excluding hydrogens is 362 g/mol. The Labute approximate surface area is 160 Å². The topological polar surface area (TPSA) is 106 Å². The summed E-state index contributed by atoms with van der Waals surface area (Å²) in [5.74, 6) is -0.980. The van der Waals surface area contributed by atoms with Crippen molar-refractivity contribution in [1.29, 1.82) is 0 Å². The number of nitrogens with one attached hydrogen (secondary N) is 1. The molecule has 0 radical (unpaired) electrons. The molecule has 0 saturated heterocycles. The Hall–Kier alpha value is -3.61. The molecule has 3 aromatic rings. The van der Waals surface area contributed by atoms with Crippen LogP contribution in [0.4, 0.5) is 0 Å². The van der Waals surface area contributed by atoms with Gasteiger partial charge >= 0.3 is 11.6 Å². The van der Waals surface area contributed by atoms with E-state index in [9.17, 15) is 14.4 Å². The summed E-state index contributed by atoms with van der Waals surface area (Å²) in [7, 11) is 0. The van der Waals surface area contributed by atoms with Gasteiger partial charge in [-0.25, -0.2) is 9.59 Å². The molecule has 0 unspecified atom stereocenters. The van der Waals surface area contributed by atoms with Gasteiger partial charge in [0.15, 0.2) is 0 Å². The zero-order chi connectivity index (χ0) is 20.3. The molecule has 7 nitrogen and oxygen atoms in total. The summed E-state index contributed by atoms with van der Waals surface area (Å²) in [5.41, 5.74) is 0.547. The van der Waals surface area contributed by atoms with E-state index in [0.29, 0.717) is 16.7 Å². The van der Waals surface area contributed by atoms with Gasteiger partial charge in [0.2, 0.25) is 0 Å². The van der Waals surface area contributed by atoms with Crippen LogP contribution in [0.2, 0.25) is 0 Å². The Morgan fingerprint density at radius 2 is 1.82 bits per heavy atom. The summed E-state index contributed by atoms with van der Waals surface area (Å²) in [5, 5.41) is 12.2. The van der Waals surface area contributed by atoms with Crippen molar-refractivity contribution in [1.82, 2.24) is 5.32 Å². The molecule has 1 heterocycles. The number of amides is 1. The lowest BCUT2D eigenvalue weighted by Crippen LogP contribution is -2.33. The lowest BCUT2D eigenvalue weighted by atomic mass is 10.1. The van der Waals surface area contributed by atoms with Gasteiger partial charge < -0.3 is 19.6 Å². The number of carbonyl (C=O) groups is 2. The van der Waals surface area contributed by atoms with E-state index < -0.39 is 17.5 Å². The summed E-state index contributed by atoms with van der Waals surface area (Å²) in [6.45, 7) is 3.84. The van der Waals surface area contributed by atoms with E-state index >= 15 is 0 Å². The Morgan fingerprint density at radius 3 is 2.46 bits per heavy atom. The zero-order valence-corrected chi connectivity index (χ0v) is 15.4. The van der Waals surface area contributed by atoms with Crippen molar-refractivity contribution in [2.24, 2.45) is 0 Å². The molecule has 1 amide bonds. The maximum absolute atomic E-state index is 12.1. The first kappa shape index (κ1) is 19.2. The van der Waals surface area contributed by atoms with Gasteiger partial charge in [-0.2, -0.15) is 0 Å². The summed E-state index contributed by atoms with van der Waals surface area (Å²) in [6.07, 6.45) is 0. The van der Waals surface area contributed by atoms with Crippen LogP contribution in [0.15, 0.2) is 57.7 Å². The molecule has 7 heteroatoms. The van der Waals surface area contributed by atoms with E-state index in [1.807, 2.05) is 0 Å². The van der Waals surface area contributed by atoms with Crippen LogP contribution in [0.3, 0.4) is 0 Å². The van der Waals surface area contributed by atoms with Gasteiger partial charge in [-0.3, -0.25) is 4.79 Å². The maximum Gasteiger partial charge on any atom is 0.349 e. The molecule has 0 bridgehead atoms. The fraction of sp³-hybridized carbons (Fsp3) is 0.190. The number of aromatic carboxylic acids is 1. The Morgan fingerprint density at radius 1 is 1.11 bits per heavy atom. The highest BCUT2D eigenvalue weighted by Gasteiger charge is 2.15. The summed E-state index contributed by atoms with van der Waals surface area (Å²) in [6, 6.07) is 12.7. The first-order valence-corrected chi connectivity index (χ1v) is 8.67. The molecule has 0 aliphatic heterocycles. The molecule has 0 aliphatic rings. The first-order chi connectivity index (χ1) is 13.3. The van der Waals surface area contributed by atoms with Gasteiger partial charge in [0.05, 0.1) is 5.56 Å². The number of carboxylic acids is 1. The van der Waals surface area contributed by atoms with Crippen molar-refractivity contribution in [3.8, 4) is 5.75 Å². The molecule has 0 fully saturated rings. The van der Waals surface area contributed by atoms with Gasteiger partial charge in [-0.05, 0) is 49.7 Å². The van der Waals surface area contributed by atoms with Crippen LogP contribution in [-0.2, 0) is 6.61 Å². The molecular formula is C21H19NO6. The second-order valence-electron chi connectivity index (χ2n) is 6.57. The van der Waals surface area contributed by atoms with E-state index in [4.69, 9.17) is 14.3 Å². The van der Waals surface area contributed by atoms with Crippen molar-refractivity contribution in [3.63, 3.8) is 0 Å². The number of rotatable bonds is 6. The Kier molecular flexibility index (Phi) is 5.44. The average Bonchev–Trinajstić information content (AvgIpc) is 2.65. The molecule has 144 valence electrons. The van der Waals surface area contributed by atoms with E-state index in [-0.39, 0.29) is 23.8 Å². The summed E-state index contributed by atoms with van der Waals surface area (Å²) in [4.78, 5) is 35.1. The summed E-state index contributed by atoms with van der Waals surface area (Å²) < 4.78 is 11.0. The third-order valence-electron chi connectivity index (χ3n) is 3.98. The number of benzene rings is 2. The molecule has 0 spiro atoms. The molecule has 0 atom stereocenters. The first-order valence-electron chi connectivity index (χ1n) is 8.67. The van der Waals surface area contributed by atoms with Crippen molar-refractivity contribution < 1.29 is 23.8 Å². The number of fused-ring (bicyclic) bond motifs is 1. The van der Waals surface area contributed by atoms with Gasteiger partial charge in [-0.1, -0.05) is 12.1 Å². The van der Waals surface area contributed by atoms with Crippen molar-refractivity contribution >= 4 is 22.8 Å². The molecule has 28 heavy (non-hydrogen) atoms. The van der Waals surface area contributed by atoms with Gasteiger partial charge in [0, 0.05) is 17.5 Å². The predicted molar refractivity (Wildman–Crippen MR) is 103 cm³/mol. The average molecular weight is 381 g/mol. The largest absolute Gasteiger partial charge is 0.489 e. The fourth-order valence-electron chi connectivity index (χ4n) is 2.59. The zero-order valence-electron chi connectivity index (χ0n) is 15.4. The van der Waals surface area contributed by atoms with Crippen LogP contribution in [0.5, 0.6) is 5.75 Å². The normalized spacial score (nSPS) is 10.8. The monoisotopic (exact) mass is 381 g/mol. The quantitative estimate of drug-likeness (QED) is 0.635. The SMILES string of the molecule is CC(C)NC(=O)c1cc2ccc(OCc3ccc(C(=O)O)cc3)cc2oc1=O. The third-order valence-corrected chi connectivity index (χ3v) is 3.98. The minimum atomic E-state index is -0.988. The van der Waals surface area contributed by atoms with E-state index in [1.54, 1.807) is 44.2 Å². The van der Waals surface area contributed by atoms with Crippen LogP contribution >= 0.6 is 0 Å². The minimum absolute atomic E-state index is 0.0478. The lowest BCUT2D eigenvalue weighted by molar-refractivity contribution is 0.0696. The van der Waals surface area contributed by atoms with Crippen LogP contribution < -0.4 is 15.7 Å². The highest BCUT2D eigenvalue weighted by Crippen LogP contribution is 2.21. The van der Waals surface area contributed by atoms with Crippen LogP contribution in [0.1, 0.15) is 40.1 Å². The van der Waals surface area contributed by atoms with Crippen LogP contribution in [0, 0.1) is 0 Å². The van der Waals surface area contributed by atoms with Gasteiger partial charge in [-0.15, -0.1) is 0 Å². The highest BCUT2D eigenvalue weighted by molar-refractivity contribution is 5.96. The Balaban J connectivity index is 1.77. The lowest BCUT2D eigenvalue weighted by Gasteiger charge is -2.09. The smallest absolute Gasteiger partial charge is 0.349 e. The van der Waals surface area contributed by atoms with E-state index in [1.165, 1.54) is 18.2 Å². The number of hydrogen-bond donors (Lipinski definition) is 2. The molecule has 0 saturated carbocycles. The molecule has 3 rings (SSSR count). The minimum Gasteiger partial charge on any atom is -0.489 e. The van der Waals surface area contributed by atoms with Crippen molar-refractivity contribution in [3.05, 3.63) is 75.6 Å². The third kappa shape index (κ3) is 4.37. The number of carboxylic acid groups (broad SMARTS) is 1. The fourth-order valence-corrected chi connectivity index (χ4v) is 2.59. The van der Waals surface area contributed by atoms with Crippen LogP contribution in [-0.4, -0.2) is 23.0 Å². The van der Waals surface area contributed by atoms with Gasteiger partial charge in [0.1, 0.15) is 23.5 Å². The Bertz CT molecular complexity index is 1080. The predicted octanol–water partition coefficient (Wildman–Crippen LogP) is 3.21. The summed E-state index contributed by atoms with van der Waals surface area (Å²) >= 11 is 0. The second-order valence-corrected chi connectivity index (χ2v) is 6.57. The molecule has 2 N–H and O–H groups in total. The van der Waals surface area contributed by atoms with Crippen LogP contribution in [0.25, 0.3) is 11.0 Å². The number of hydrogen-bond acceptors (Lipinski definition) is 5.